The molecule has 0 amide bonds. The number of benzene rings is 1. The van der Waals surface area contributed by atoms with Crippen LogP contribution in [0.2, 0.25) is 10.0 Å². The van der Waals surface area contributed by atoms with Crippen LogP contribution in [-0.4, -0.2) is 20.8 Å². The first-order chi connectivity index (χ1) is 8.97. The summed E-state index contributed by atoms with van der Waals surface area (Å²) in [6.07, 6.45) is 3.67. The van der Waals surface area contributed by atoms with E-state index in [0.717, 1.165) is 25.7 Å². The van der Waals surface area contributed by atoms with E-state index in [1.807, 2.05) is 0 Å². The first-order valence-corrected chi connectivity index (χ1v) is 8.75. The predicted octanol–water partition coefficient (Wildman–Crippen LogP) is 4.07. The van der Waals surface area contributed by atoms with Gasteiger partial charge in [0.05, 0.1) is 5.02 Å². The van der Waals surface area contributed by atoms with Crippen LogP contribution in [0.4, 0.5) is 0 Å². The van der Waals surface area contributed by atoms with Gasteiger partial charge in [-0.1, -0.05) is 36.0 Å². The van der Waals surface area contributed by atoms with Crippen LogP contribution in [0, 0.1) is 0 Å². The van der Waals surface area contributed by atoms with Gasteiger partial charge in [-0.05, 0) is 31.0 Å². The van der Waals surface area contributed by atoms with Crippen LogP contribution in [0.1, 0.15) is 25.7 Å². The van der Waals surface area contributed by atoms with Crippen molar-refractivity contribution in [2.75, 3.05) is 12.4 Å². The quantitative estimate of drug-likeness (QED) is 0.571. The number of hydrogen-bond donors (Lipinski definition) is 1. The molecule has 0 saturated carbocycles. The standard InChI is InChI=1S/C12H16Cl3NO2S/c13-7-3-1-2-4-8-16-19(17,18)12-9-10(14)5-6-11(12)15/h5-6,9,16H,1-4,7-8H2. The molecule has 1 aromatic rings. The number of rotatable bonds is 8. The van der Waals surface area contributed by atoms with Crippen molar-refractivity contribution in [1.29, 1.82) is 0 Å². The maximum absolute atomic E-state index is 12.0. The van der Waals surface area contributed by atoms with Gasteiger partial charge in [0.25, 0.3) is 0 Å². The SMILES string of the molecule is O=S(=O)(NCCCCCCCl)c1cc(Cl)ccc1Cl. The second-order valence-corrected chi connectivity index (χ2v) is 7.03. The molecule has 0 aromatic heterocycles. The summed E-state index contributed by atoms with van der Waals surface area (Å²) >= 11 is 17.2. The van der Waals surface area contributed by atoms with Crippen LogP contribution in [0.25, 0.3) is 0 Å². The van der Waals surface area contributed by atoms with Crippen LogP contribution in [0.3, 0.4) is 0 Å². The van der Waals surface area contributed by atoms with Gasteiger partial charge in [-0.25, -0.2) is 13.1 Å². The molecule has 0 heterocycles. The summed E-state index contributed by atoms with van der Waals surface area (Å²) in [6, 6.07) is 4.37. The van der Waals surface area contributed by atoms with Gasteiger partial charge in [0.2, 0.25) is 10.0 Å². The molecule has 0 aliphatic heterocycles. The van der Waals surface area contributed by atoms with Gasteiger partial charge < -0.3 is 0 Å². The fourth-order valence-corrected chi connectivity index (χ4v) is 3.56. The Morgan fingerprint density at radius 1 is 1.05 bits per heavy atom. The van der Waals surface area contributed by atoms with E-state index in [-0.39, 0.29) is 9.92 Å². The lowest BCUT2D eigenvalue weighted by molar-refractivity contribution is 0.574. The van der Waals surface area contributed by atoms with Crippen LogP contribution < -0.4 is 4.72 Å². The Morgan fingerprint density at radius 2 is 1.74 bits per heavy atom. The normalized spacial score (nSPS) is 11.7. The molecule has 7 heteroatoms. The van der Waals surface area contributed by atoms with Crippen LogP contribution in [-0.2, 0) is 10.0 Å². The maximum atomic E-state index is 12.0. The highest BCUT2D eigenvalue weighted by Crippen LogP contribution is 2.24. The minimum absolute atomic E-state index is 0.0161. The lowest BCUT2D eigenvalue weighted by Gasteiger charge is -2.08. The molecule has 0 fully saturated rings. The molecule has 0 spiro atoms. The minimum atomic E-state index is -3.60. The largest absolute Gasteiger partial charge is 0.242 e. The number of sulfonamides is 1. The highest BCUT2D eigenvalue weighted by Gasteiger charge is 2.17. The third-order valence-electron chi connectivity index (χ3n) is 2.54. The monoisotopic (exact) mass is 343 g/mol. The average molecular weight is 345 g/mol. The summed E-state index contributed by atoms with van der Waals surface area (Å²) < 4.78 is 26.6. The van der Waals surface area contributed by atoms with Crippen molar-refractivity contribution in [3.8, 4) is 0 Å². The smallest absolute Gasteiger partial charge is 0.211 e. The average Bonchev–Trinajstić information content (AvgIpc) is 2.36. The second kappa shape index (κ2) is 8.32. The summed E-state index contributed by atoms with van der Waals surface area (Å²) in [4.78, 5) is 0.0161. The zero-order valence-corrected chi connectivity index (χ0v) is 13.4. The molecule has 0 atom stereocenters. The van der Waals surface area contributed by atoms with Gasteiger partial charge in [-0.15, -0.1) is 11.6 Å². The van der Waals surface area contributed by atoms with E-state index >= 15 is 0 Å². The van der Waals surface area contributed by atoms with E-state index < -0.39 is 10.0 Å². The minimum Gasteiger partial charge on any atom is -0.211 e. The third kappa shape index (κ3) is 5.88. The predicted molar refractivity (Wildman–Crippen MR) is 80.8 cm³/mol. The zero-order chi connectivity index (χ0) is 14.3. The first kappa shape index (κ1) is 17.1. The Balaban J connectivity index is 2.54. The number of alkyl halides is 1. The molecule has 1 N–H and O–H groups in total. The Labute approximate surface area is 129 Å². The van der Waals surface area contributed by atoms with Crippen molar-refractivity contribution in [2.45, 2.75) is 30.6 Å². The molecule has 3 nitrogen and oxygen atoms in total. The molecule has 19 heavy (non-hydrogen) atoms. The number of halogens is 3. The highest BCUT2D eigenvalue weighted by atomic mass is 35.5. The number of hydrogen-bond acceptors (Lipinski definition) is 2. The molecule has 0 unspecified atom stereocenters. The maximum Gasteiger partial charge on any atom is 0.242 e. The summed E-state index contributed by atoms with van der Waals surface area (Å²) in [5, 5.41) is 0.505. The van der Waals surface area contributed by atoms with Crippen molar-refractivity contribution in [3.05, 3.63) is 28.2 Å². The Hall–Kier alpha value is -0.000000000000000167. The van der Waals surface area contributed by atoms with E-state index in [2.05, 4.69) is 4.72 Å². The lowest BCUT2D eigenvalue weighted by Crippen LogP contribution is -2.25. The van der Waals surface area contributed by atoms with Crippen LogP contribution in [0.15, 0.2) is 23.1 Å². The number of unbranched alkanes of at least 4 members (excludes halogenated alkanes) is 3. The van der Waals surface area contributed by atoms with Crippen LogP contribution >= 0.6 is 34.8 Å². The van der Waals surface area contributed by atoms with Gasteiger partial charge in [-0.3, -0.25) is 0 Å². The molecule has 0 saturated heterocycles. The van der Waals surface area contributed by atoms with Crippen molar-refractivity contribution in [3.63, 3.8) is 0 Å². The summed E-state index contributed by atoms with van der Waals surface area (Å²) in [7, 11) is -3.60. The summed E-state index contributed by atoms with van der Waals surface area (Å²) in [5.74, 6) is 0.643. The molecule has 1 rings (SSSR count). The fraction of sp³-hybridized carbons (Fsp3) is 0.500. The van der Waals surface area contributed by atoms with E-state index in [1.54, 1.807) is 6.07 Å². The van der Waals surface area contributed by atoms with Gasteiger partial charge in [0, 0.05) is 17.4 Å². The molecule has 108 valence electrons. The fourth-order valence-electron chi connectivity index (χ4n) is 1.54. The molecular formula is C12H16Cl3NO2S. The van der Waals surface area contributed by atoms with Crippen molar-refractivity contribution >= 4 is 44.8 Å². The second-order valence-electron chi connectivity index (χ2n) is 4.08. The van der Waals surface area contributed by atoms with Crippen molar-refractivity contribution in [1.82, 2.24) is 4.72 Å². The molecular weight excluding hydrogens is 329 g/mol. The summed E-state index contributed by atoms with van der Waals surface area (Å²) in [6.45, 7) is 0.382. The lowest BCUT2D eigenvalue weighted by atomic mass is 10.2. The topological polar surface area (TPSA) is 46.2 Å². The first-order valence-electron chi connectivity index (χ1n) is 5.98. The van der Waals surface area contributed by atoms with E-state index in [0.29, 0.717) is 17.4 Å². The molecule has 1 aromatic carbocycles. The van der Waals surface area contributed by atoms with Crippen molar-refractivity contribution < 1.29 is 8.42 Å². The van der Waals surface area contributed by atoms with Crippen LogP contribution in [0.5, 0.6) is 0 Å². The highest BCUT2D eigenvalue weighted by molar-refractivity contribution is 7.89. The zero-order valence-electron chi connectivity index (χ0n) is 10.3. The van der Waals surface area contributed by atoms with E-state index in [9.17, 15) is 8.42 Å². The van der Waals surface area contributed by atoms with Crippen molar-refractivity contribution in [2.24, 2.45) is 0 Å². The van der Waals surface area contributed by atoms with Gasteiger partial charge in [0.15, 0.2) is 0 Å². The molecule has 0 bridgehead atoms. The molecule has 0 radical (unpaired) electrons. The van der Waals surface area contributed by atoms with Gasteiger partial charge in [0.1, 0.15) is 4.90 Å². The Bertz CT molecular complexity index is 506. The third-order valence-corrected chi connectivity index (χ3v) is 4.98. The number of nitrogens with one attached hydrogen (secondary N) is 1. The van der Waals surface area contributed by atoms with E-state index in [4.69, 9.17) is 34.8 Å². The Kier molecular flexibility index (Phi) is 7.47. The van der Waals surface area contributed by atoms with E-state index in [1.165, 1.54) is 12.1 Å². The Morgan fingerprint density at radius 3 is 2.42 bits per heavy atom. The summed E-state index contributed by atoms with van der Waals surface area (Å²) in [5.41, 5.74) is 0. The molecule has 0 aliphatic rings. The molecule has 0 aliphatic carbocycles. The van der Waals surface area contributed by atoms with Gasteiger partial charge >= 0.3 is 0 Å². The van der Waals surface area contributed by atoms with Gasteiger partial charge in [-0.2, -0.15) is 0 Å².